The van der Waals surface area contributed by atoms with Crippen LogP contribution in [-0.4, -0.2) is 205 Å². The molecule has 1 aliphatic carbocycles. The minimum absolute atomic E-state index is 0.00751. The van der Waals surface area contributed by atoms with Crippen molar-refractivity contribution in [2.45, 2.75) is 491 Å². The average molecular weight is 1690 g/mol. The first kappa shape index (κ1) is 108. The van der Waals surface area contributed by atoms with Crippen molar-refractivity contribution in [1.82, 2.24) is 0 Å². The molecule has 18 unspecified atom stereocenters. The highest BCUT2D eigenvalue weighted by atomic mass is 31.2. The molecule has 3 aliphatic rings. The van der Waals surface area contributed by atoms with Gasteiger partial charge in [0.2, 0.25) is 0 Å². The summed E-state index contributed by atoms with van der Waals surface area (Å²) >= 11 is 0. The quantitative estimate of drug-likeness (QED) is 0.00889. The minimum Gasteiger partial charge on any atom is -0.463 e. The summed E-state index contributed by atoms with van der Waals surface area (Å²) in [7, 11) is -5.81. The van der Waals surface area contributed by atoms with Gasteiger partial charge in [0.1, 0.15) is 92.6 Å². The van der Waals surface area contributed by atoms with Crippen molar-refractivity contribution in [3.8, 4) is 0 Å². The van der Waals surface area contributed by atoms with Gasteiger partial charge in [0.05, 0.1) is 13.2 Å². The van der Waals surface area contributed by atoms with E-state index < -0.39 is 162 Å². The van der Waals surface area contributed by atoms with Gasteiger partial charge in [0.15, 0.2) is 24.8 Å². The van der Waals surface area contributed by atoms with Gasteiger partial charge in [0, 0.05) is 25.7 Å². The van der Waals surface area contributed by atoms with E-state index in [-0.39, 0.29) is 25.7 Å². The second kappa shape index (κ2) is 70.0. The van der Waals surface area contributed by atoms with Crippen molar-refractivity contribution in [1.29, 1.82) is 0 Å². The van der Waals surface area contributed by atoms with E-state index in [0.29, 0.717) is 44.9 Å². The van der Waals surface area contributed by atoms with E-state index in [1.54, 1.807) is 0 Å². The van der Waals surface area contributed by atoms with Gasteiger partial charge in [-0.25, -0.2) is 4.57 Å². The summed E-state index contributed by atoms with van der Waals surface area (Å²) < 4.78 is 73.4. The van der Waals surface area contributed by atoms with E-state index in [1.807, 2.05) is 0 Å². The Morgan fingerprint density at radius 3 is 1.03 bits per heavy atom. The molecule has 18 atom stereocenters. The van der Waals surface area contributed by atoms with Crippen molar-refractivity contribution in [2.24, 2.45) is 0 Å². The maximum absolute atomic E-state index is 14.9. The van der Waals surface area contributed by atoms with Crippen LogP contribution < -0.4 is 0 Å². The lowest BCUT2D eigenvalue weighted by Crippen LogP contribution is -2.70. The number of unbranched alkanes of at least 4 members (excludes halogenated alkanes) is 45. The van der Waals surface area contributed by atoms with Gasteiger partial charge in [0.25, 0.3) is 0 Å². The third-order valence-corrected chi connectivity index (χ3v) is 23.6. The van der Waals surface area contributed by atoms with Crippen LogP contribution in [0, 0.1) is 0 Å². The molecule has 1 saturated carbocycles. The van der Waals surface area contributed by atoms with Crippen LogP contribution in [0.25, 0.3) is 0 Å². The summed E-state index contributed by atoms with van der Waals surface area (Å²) in [6.45, 7) is 5.55. The van der Waals surface area contributed by atoms with Crippen LogP contribution in [0.15, 0.2) is 36.5 Å². The van der Waals surface area contributed by atoms with Crippen molar-refractivity contribution >= 4 is 31.7 Å². The Bertz CT molecular complexity index is 2580. The number of aliphatic hydroxyl groups is 9. The average Bonchev–Trinajstić information content (AvgIpc) is 0.754. The molecule has 2 saturated heterocycles. The predicted molar refractivity (Wildman–Crippen MR) is 453 cm³/mol. The number of phosphoric ester groups is 1. The molecule has 0 spiro atoms. The van der Waals surface area contributed by atoms with Crippen molar-refractivity contribution in [3.05, 3.63) is 36.5 Å². The predicted octanol–water partition coefficient (Wildman–Crippen LogP) is 17.1. The number of carbonyl (C=O) groups is 4. The van der Waals surface area contributed by atoms with Gasteiger partial charge >= 0.3 is 31.7 Å². The van der Waals surface area contributed by atoms with E-state index in [2.05, 4.69) is 64.2 Å². The molecule has 26 heteroatoms. The largest absolute Gasteiger partial charge is 0.472 e. The lowest BCUT2D eigenvalue weighted by Gasteiger charge is -2.50. The summed E-state index contributed by atoms with van der Waals surface area (Å²) in [5, 5.41) is 102. The highest BCUT2D eigenvalue weighted by Gasteiger charge is 2.60. The lowest BCUT2D eigenvalue weighted by molar-refractivity contribution is -0.360. The Balaban J connectivity index is 1.93. The number of rotatable bonds is 75. The molecule has 0 aromatic rings. The summed E-state index contributed by atoms with van der Waals surface area (Å²) in [6.07, 6.45) is 31.4. The molecular weight excluding hydrogens is 1520 g/mol. The summed E-state index contributed by atoms with van der Waals surface area (Å²) in [4.78, 5) is 66.4. The molecule has 0 amide bonds. The molecule has 0 aromatic carbocycles. The molecule has 0 radical (unpaired) electrons. The van der Waals surface area contributed by atoms with Crippen LogP contribution in [0.2, 0.25) is 0 Å². The molecule has 10 N–H and O–H groups in total. The Labute approximate surface area is 704 Å². The molecule has 3 rings (SSSR count). The Hall–Kier alpha value is -3.31. The maximum Gasteiger partial charge on any atom is 0.472 e. The topological polar surface area (TPSA) is 380 Å². The standard InChI is InChI=1S/C91H165O25P/c1-5-9-13-17-21-25-29-33-36-40-44-47-51-55-59-63-74(93)107-68-71(110-76(95)65-61-57-53-49-45-41-37-34-30-26-22-18-14-10-6-2)69-109-117(105,106)116-89-87(114-90-84(103)80(99)78(97)72(67-92)111-90)83(102)82(101)86(113-77(96)66-62-58-54-50-46-42-38-35-31-27-23-19-15-11-7-3)88(89)115-91-85(104)81(100)79(98)73(112-91)70-108-75(94)64-60-56-52-48-43-39-32-28-24-20-16-12-8-4/h26-27,30-31,39,43,71-73,78-92,97-104H,5-25,28-29,32-38,40-42,44-70H2,1-4H3,(H,105,106)/b30-26-,31-27-,43-39-. The van der Waals surface area contributed by atoms with Crippen molar-refractivity contribution in [3.63, 3.8) is 0 Å². The van der Waals surface area contributed by atoms with Crippen LogP contribution in [0.3, 0.4) is 0 Å². The van der Waals surface area contributed by atoms with Gasteiger partial charge in [-0.05, 0) is 103 Å². The minimum atomic E-state index is -5.81. The molecule has 117 heavy (non-hydrogen) atoms. The zero-order valence-corrected chi connectivity index (χ0v) is 73.6. The Kier molecular flexibility index (Phi) is 64.6. The fourth-order valence-corrected chi connectivity index (χ4v) is 16.1. The van der Waals surface area contributed by atoms with E-state index in [9.17, 15) is 74.6 Å². The fourth-order valence-electron chi connectivity index (χ4n) is 15.1. The first-order valence-corrected chi connectivity index (χ1v) is 48.2. The monoisotopic (exact) mass is 1690 g/mol. The van der Waals surface area contributed by atoms with Gasteiger partial charge in [-0.15, -0.1) is 0 Å². The third-order valence-electron chi connectivity index (χ3n) is 22.6. The van der Waals surface area contributed by atoms with Crippen molar-refractivity contribution < 1.29 is 122 Å². The lowest BCUT2D eigenvalue weighted by atomic mass is 9.84. The molecule has 0 bridgehead atoms. The number of ether oxygens (including phenoxy) is 8. The number of phosphoric acid groups is 1. The SMILES string of the molecule is CCCCCC/C=C\CCCCCCCCCC(=O)OC(COC(=O)CCCCCCCCCCCCCCCCC)COP(=O)(O)OC1C(OC2OC(CO)C(O)C(O)C2O)C(O)C(O)C(OC(=O)CCCCCCCCC/C=C\CCCCCC)C1OC1OC(COC(=O)CCCCC/C=C\CCCCCCCC)C(O)C(O)C1O. The van der Waals surface area contributed by atoms with E-state index in [1.165, 1.54) is 141 Å². The molecule has 2 heterocycles. The molecule has 3 fully saturated rings. The number of esters is 4. The fraction of sp³-hybridized carbons (Fsp3) is 0.890. The van der Waals surface area contributed by atoms with Crippen molar-refractivity contribution in [2.75, 3.05) is 26.4 Å². The molecule has 25 nitrogen and oxygen atoms in total. The molecule has 2 aliphatic heterocycles. The maximum atomic E-state index is 14.9. The van der Waals surface area contributed by atoms with Crippen LogP contribution in [0.1, 0.15) is 387 Å². The third kappa shape index (κ3) is 50.3. The van der Waals surface area contributed by atoms with Gasteiger partial charge in [-0.2, -0.15) is 0 Å². The number of allylic oxidation sites excluding steroid dienone is 6. The molecule has 0 aromatic heterocycles. The van der Waals surface area contributed by atoms with Gasteiger partial charge < -0.3 is 88.7 Å². The summed E-state index contributed by atoms with van der Waals surface area (Å²) in [5.41, 5.74) is 0. The number of carbonyl (C=O) groups excluding carboxylic acids is 4. The normalized spacial score (nSPS) is 25.2. The van der Waals surface area contributed by atoms with Crippen LogP contribution in [0.5, 0.6) is 0 Å². The second-order valence-corrected chi connectivity index (χ2v) is 34.6. The van der Waals surface area contributed by atoms with Gasteiger partial charge in [-0.1, -0.05) is 295 Å². The summed E-state index contributed by atoms with van der Waals surface area (Å²) in [6, 6.07) is 0. The highest BCUT2D eigenvalue weighted by molar-refractivity contribution is 7.47. The number of hydrogen-bond donors (Lipinski definition) is 10. The van der Waals surface area contributed by atoms with E-state index >= 15 is 0 Å². The molecule has 684 valence electrons. The first-order valence-electron chi connectivity index (χ1n) is 46.7. The van der Waals surface area contributed by atoms with E-state index in [0.717, 1.165) is 148 Å². The Morgan fingerprint density at radius 2 is 0.641 bits per heavy atom. The smallest absolute Gasteiger partial charge is 0.463 e. The highest BCUT2D eigenvalue weighted by Crippen LogP contribution is 2.49. The Morgan fingerprint density at radius 1 is 0.333 bits per heavy atom. The second-order valence-electron chi connectivity index (χ2n) is 33.2. The number of hydrogen-bond acceptors (Lipinski definition) is 24. The summed E-state index contributed by atoms with van der Waals surface area (Å²) in [5.74, 6) is -2.99. The van der Waals surface area contributed by atoms with Crippen LogP contribution >= 0.6 is 7.82 Å². The first-order chi connectivity index (χ1) is 56.7. The zero-order valence-electron chi connectivity index (χ0n) is 72.7. The van der Waals surface area contributed by atoms with Crippen LogP contribution in [-0.2, 0) is 70.7 Å². The van der Waals surface area contributed by atoms with E-state index in [4.69, 9.17) is 46.9 Å². The van der Waals surface area contributed by atoms with Crippen LogP contribution in [0.4, 0.5) is 0 Å². The zero-order chi connectivity index (χ0) is 85.4. The van der Waals surface area contributed by atoms with Gasteiger partial charge in [-0.3, -0.25) is 28.2 Å². The number of aliphatic hydroxyl groups excluding tert-OH is 9. The molecular formula is C91H165O25P.